The van der Waals surface area contributed by atoms with Crippen LogP contribution in [0.25, 0.3) is 21.2 Å². The minimum atomic E-state index is -4.41. The van der Waals surface area contributed by atoms with Crippen LogP contribution in [0.5, 0.6) is 0 Å². The number of carbonyl (C=O) groups excluding carboxylic acids is 1. The number of hydrogen-bond acceptors (Lipinski definition) is 3. The molecule has 0 unspecified atom stereocenters. The summed E-state index contributed by atoms with van der Waals surface area (Å²) in [5.74, 6) is -0.573. The van der Waals surface area contributed by atoms with E-state index in [1.54, 1.807) is 18.3 Å². The molecule has 7 heteroatoms. The van der Waals surface area contributed by atoms with Crippen molar-refractivity contribution >= 4 is 27.3 Å². The number of amides is 1. The molecule has 1 amide bonds. The molecule has 2 N–H and O–H groups in total. The topological polar surface area (TPSA) is 56.0 Å². The van der Waals surface area contributed by atoms with Crippen molar-refractivity contribution in [1.82, 2.24) is 4.98 Å². The SMILES string of the molecule is NC(=O)c1cc2c(-c3cccc(C(F)(F)F)c3)cncc2s1. The van der Waals surface area contributed by atoms with Gasteiger partial charge in [0, 0.05) is 23.3 Å². The first-order valence-electron chi connectivity index (χ1n) is 6.21. The zero-order chi connectivity index (χ0) is 15.9. The number of fused-ring (bicyclic) bond motifs is 1. The number of carbonyl (C=O) groups is 1. The second-order valence-corrected chi connectivity index (χ2v) is 5.74. The molecule has 3 nitrogen and oxygen atoms in total. The molecule has 0 aliphatic rings. The fourth-order valence-electron chi connectivity index (χ4n) is 2.18. The second kappa shape index (κ2) is 5.10. The number of aromatic nitrogens is 1. The predicted octanol–water partition coefficient (Wildman–Crippen LogP) is 4.08. The van der Waals surface area contributed by atoms with Crippen molar-refractivity contribution in [3.63, 3.8) is 0 Å². The first kappa shape index (κ1) is 14.5. The molecule has 0 saturated carbocycles. The summed E-state index contributed by atoms with van der Waals surface area (Å²) in [7, 11) is 0. The van der Waals surface area contributed by atoms with E-state index in [4.69, 9.17) is 5.73 Å². The summed E-state index contributed by atoms with van der Waals surface area (Å²) >= 11 is 1.16. The molecule has 0 saturated heterocycles. The van der Waals surface area contributed by atoms with Gasteiger partial charge in [0.05, 0.1) is 15.1 Å². The number of pyridine rings is 1. The van der Waals surface area contributed by atoms with Crippen LogP contribution in [0.1, 0.15) is 15.2 Å². The molecule has 0 aliphatic heterocycles. The second-order valence-electron chi connectivity index (χ2n) is 4.65. The van der Waals surface area contributed by atoms with Crippen molar-refractivity contribution < 1.29 is 18.0 Å². The van der Waals surface area contributed by atoms with Gasteiger partial charge in [-0.15, -0.1) is 11.3 Å². The van der Waals surface area contributed by atoms with E-state index in [9.17, 15) is 18.0 Å². The van der Waals surface area contributed by atoms with E-state index in [2.05, 4.69) is 4.98 Å². The molecule has 2 heterocycles. The van der Waals surface area contributed by atoms with Crippen molar-refractivity contribution in [2.24, 2.45) is 5.73 Å². The van der Waals surface area contributed by atoms with E-state index in [-0.39, 0.29) is 0 Å². The summed E-state index contributed by atoms with van der Waals surface area (Å²) in [5.41, 5.74) is 5.45. The molecule has 3 rings (SSSR count). The highest BCUT2D eigenvalue weighted by Gasteiger charge is 2.30. The minimum absolute atomic E-state index is 0.344. The highest BCUT2D eigenvalue weighted by Crippen LogP contribution is 2.36. The van der Waals surface area contributed by atoms with Crippen LogP contribution in [-0.4, -0.2) is 10.9 Å². The zero-order valence-electron chi connectivity index (χ0n) is 11.0. The summed E-state index contributed by atoms with van der Waals surface area (Å²) in [4.78, 5) is 15.6. The lowest BCUT2D eigenvalue weighted by atomic mass is 10.0. The third kappa shape index (κ3) is 2.55. The molecule has 22 heavy (non-hydrogen) atoms. The van der Waals surface area contributed by atoms with Crippen LogP contribution in [0.2, 0.25) is 0 Å². The number of rotatable bonds is 2. The van der Waals surface area contributed by atoms with Gasteiger partial charge in [-0.25, -0.2) is 0 Å². The van der Waals surface area contributed by atoms with Crippen LogP contribution in [0.3, 0.4) is 0 Å². The molecule has 0 radical (unpaired) electrons. The van der Waals surface area contributed by atoms with E-state index in [0.29, 0.717) is 26.1 Å². The largest absolute Gasteiger partial charge is 0.416 e. The quantitative estimate of drug-likeness (QED) is 0.773. The number of thiophene rings is 1. The lowest BCUT2D eigenvalue weighted by Crippen LogP contribution is -2.08. The van der Waals surface area contributed by atoms with Crippen LogP contribution in [0, 0.1) is 0 Å². The van der Waals surface area contributed by atoms with Gasteiger partial charge in [-0.05, 0) is 23.8 Å². The fourth-order valence-corrected chi connectivity index (χ4v) is 3.08. The highest BCUT2D eigenvalue weighted by molar-refractivity contribution is 7.20. The number of nitrogens with zero attached hydrogens (tertiary/aromatic N) is 1. The number of benzene rings is 1. The van der Waals surface area contributed by atoms with Gasteiger partial charge < -0.3 is 5.73 Å². The monoisotopic (exact) mass is 322 g/mol. The van der Waals surface area contributed by atoms with E-state index in [1.165, 1.54) is 12.3 Å². The van der Waals surface area contributed by atoms with Crippen LogP contribution < -0.4 is 5.73 Å². The first-order chi connectivity index (χ1) is 10.4. The Kier molecular flexibility index (Phi) is 3.37. The van der Waals surface area contributed by atoms with E-state index in [1.807, 2.05) is 0 Å². The van der Waals surface area contributed by atoms with Gasteiger partial charge in [-0.1, -0.05) is 12.1 Å². The molecule has 3 aromatic rings. The first-order valence-corrected chi connectivity index (χ1v) is 7.03. The number of primary amides is 1. The maximum atomic E-state index is 12.8. The molecule has 2 aromatic heterocycles. The summed E-state index contributed by atoms with van der Waals surface area (Å²) < 4.78 is 39.2. The van der Waals surface area contributed by atoms with Gasteiger partial charge >= 0.3 is 6.18 Å². The third-order valence-electron chi connectivity index (χ3n) is 3.19. The molecule has 0 bridgehead atoms. The molecule has 112 valence electrons. The van der Waals surface area contributed by atoms with Crippen molar-refractivity contribution in [1.29, 1.82) is 0 Å². The predicted molar refractivity (Wildman–Crippen MR) is 78.6 cm³/mol. The Balaban J connectivity index is 2.20. The molecule has 0 atom stereocenters. The van der Waals surface area contributed by atoms with Crippen molar-refractivity contribution in [2.45, 2.75) is 6.18 Å². The molecule has 1 aromatic carbocycles. The standard InChI is InChI=1S/C15H9F3N2OS/c16-15(17,18)9-3-1-2-8(4-9)11-6-20-7-13-10(11)5-12(22-13)14(19)21/h1-7H,(H2,19,21). The molecular weight excluding hydrogens is 313 g/mol. The van der Waals surface area contributed by atoms with Crippen LogP contribution >= 0.6 is 11.3 Å². The zero-order valence-corrected chi connectivity index (χ0v) is 11.8. The van der Waals surface area contributed by atoms with Crippen LogP contribution in [0.4, 0.5) is 13.2 Å². The Hall–Kier alpha value is -2.41. The van der Waals surface area contributed by atoms with Crippen LogP contribution in [0.15, 0.2) is 42.7 Å². The van der Waals surface area contributed by atoms with Crippen molar-refractivity contribution in [3.8, 4) is 11.1 Å². The summed E-state index contributed by atoms with van der Waals surface area (Å²) in [6.45, 7) is 0. The number of alkyl halides is 3. The van der Waals surface area contributed by atoms with Gasteiger partial charge in [0.1, 0.15) is 0 Å². The Labute approximate surface area is 127 Å². The van der Waals surface area contributed by atoms with E-state index >= 15 is 0 Å². The Bertz CT molecular complexity index is 871. The normalized spacial score (nSPS) is 11.8. The Morgan fingerprint density at radius 2 is 1.95 bits per heavy atom. The van der Waals surface area contributed by atoms with Gasteiger partial charge in [0.25, 0.3) is 5.91 Å². The van der Waals surface area contributed by atoms with E-state index < -0.39 is 17.6 Å². The fraction of sp³-hybridized carbons (Fsp3) is 0.0667. The summed E-state index contributed by atoms with van der Waals surface area (Å²) in [6.07, 6.45) is -1.37. The number of nitrogens with two attached hydrogens (primary N) is 1. The molecule has 0 spiro atoms. The maximum Gasteiger partial charge on any atom is 0.416 e. The van der Waals surface area contributed by atoms with Gasteiger partial charge in [-0.2, -0.15) is 13.2 Å². The Morgan fingerprint density at radius 1 is 1.18 bits per heavy atom. The summed E-state index contributed by atoms with van der Waals surface area (Å²) in [5, 5.41) is 0.660. The molecule has 0 fully saturated rings. The Morgan fingerprint density at radius 3 is 2.64 bits per heavy atom. The average molecular weight is 322 g/mol. The van der Waals surface area contributed by atoms with Gasteiger partial charge in [0.2, 0.25) is 0 Å². The summed E-state index contributed by atoms with van der Waals surface area (Å²) in [6, 6.07) is 6.59. The van der Waals surface area contributed by atoms with E-state index in [0.717, 1.165) is 23.5 Å². The minimum Gasteiger partial charge on any atom is -0.365 e. The smallest absolute Gasteiger partial charge is 0.365 e. The number of hydrogen-bond donors (Lipinski definition) is 1. The molecule has 0 aliphatic carbocycles. The highest BCUT2D eigenvalue weighted by atomic mass is 32.1. The third-order valence-corrected chi connectivity index (χ3v) is 4.27. The van der Waals surface area contributed by atoms with Crippen LogP contribution in [-0.2, 0) is 6.18 Å². The van der Waals surface area contributed by atoms with Gasteiger partial charge in [0.15, 0.2) is 0 Å². The lowest BCUT2D eigenvalue weighted by Gasteiger charge is -2.09. The number of halogens is 3. The average Bonchev–Trinajstić information content (AvgIpc) is 2.90. The molecular formula is C15H9F3N2OS. The lowest BCUT2D eigenvalue weighted by molar-refractivity contribution is -0.137. The maximum absolute atomic E-state index is 12.8. The van der Waals surface area contributed by atoms with Gasteiger partial charge in [-0.3, -0.25) is 9.78 Å². The van der Waals surface area contributed by atoms with Crippen molar-refractivity contribution in [2.75, 3.05) is 0 Å². The van der Waals surface area contributed by atoms with Crippen molar-refractivity contribution in [3.05, 3.63) is 53.2 Å².